The molecule has 0 aromatic carbocycles. The second-order valence-corrected chi connectivity index (χ2v) is 5.16. The summed E-state index contributed by atoms with van der Waals surface area (Å²) in [5.74, 6) is 0. The molecule has 0 aromatic heterocycles. The Balaban J connectivity index is 0.00000312. The molecule has 0 saturated carbocycles. The average Bonchev–Trinajstić information content (AvgIpc) is 3.09. The van der Waals surface area contributed by atoms with E-state index in [2.05, 4.69) is 10.3 Å². The third kappa shape index (κ3) is 6.12. The zero-order valence-corrected chi connectivity index (χ0v) is 15.8. The highest BCUT2D eigenvalue weighted by Crippen LogP contribution is 2.13. The maximum Gasteiger partial charge on any atom is 0.162 e. The smallest absolute Gasteiger partial charge is 0.162 e. The Morgan fingerprint density at radius 2 is 1.19 bits per heavy atom. The maximum atomic E-state index is 10.4. The zero-order valence-electron chi connectivity index (χ0n) is 14.3. The molecule has 2 heterocycles. The Hall–Kier alpha value is -2.46. The van der Waals surface area contributed by atoms with Crippen LogP contribution in [0.15, 0.2) is 47.6 Å². The molecule has 0 aromatic rings. The normalized spacial score (nSPS) is 21.9. The van der Waals surface area contributed by atoms with E-state index in [9.17, 15) is 10.4 Å². The van der Waals surface area contributed by atoms with E-state index in [1.807, 2.05) is 36.3 Å². The van der Waals surface area contributed by atoms with Crippen LogP contribution in [0.4, 0.5) is 0 Å². The first-order valence-electron chi connectivity index (χ1n) is 7.19. The van der Waals surface area contributed by atoms with Crippen LogP contribution in [-0.2, 0) is 9.47 Å². The first-order chi connectivity index (χ1) is 11.7. The monoisotopic (exact) mass is 406 g/mol. The molecule has 2 aliphatic rings. The van der Waals surface area contributed by atoms with E-state index in [-0.39, 0.29) is 50.6 Å². The summed E-state index contributed by atoms with van der Waals surface area (Å²) in [6.45, 7) is 0.490. The van der Waals surface area contributed by atoms with E-state index in [4.69, 9.17) is 9.47 Å². The van der Waals surface area contributed by atoms with E-state index in [0.717, 1.165) is 0 Å². The molecule has 0 fully saturated rings. The molecule has 0 N–H and O–H groups in total. The van der Waals surface area contributed by atoms with Crippen LogP contribution in [0.5, 0.6) is 0 Å². The van der Waals surface area contributed by atoms with Crippen molar-refractivity contribution in [3.63, 3.8) is 0 Å². The minimum absolute atomic E-state index is 0. The molecule has 2 atom stereocenters. The molecule has 0 radical (unpaired) electrons. The molecule has 0 spiro atoms. The number of rotatable bonds is 8. The van der Waals surface area contributed by atoms with Gasteiger partial charge in [-0.1, -0.05) is 0 Å². The average molecular weight is 407 g/mol. The van der Waals surface area contributed by atoms with E-state index in [0.29, 0.717) is 0 Å². The van der Waals surface area contributed by atoms with Crippen molar-refractivity contribution in [2.75, 3.05) is 27.6 Å². The van der Waals surface area contributed by atoms with Crippen LogP contribution in [0.25, 0.3) is 0 Å². The fourth-order valence-electron chi connectivity index (χ4n) is 2.27. The SMILES string of the molecule is CN1C=CN(CO/C=C/OCN2C=CN(C)C2/C=N/[O-])C1/C=N/[O-].[Cl-].[Cl-]. The highest BCUT2D eigenvalue weighted by atomic mass is 35.5. The summed E-state index contributed by atoms with van der Waals surface area (Å²) in [4.78, 5) is 7.26. The lowest BCUT2D eigenvalue weighted by Crippen LogP contribution is -3.00. The predicted molar refractivity (Wildman–Crippen MR) is 89.8 cm³/mol. The lowest BCUT2D eigenvalue weighted by atomic mass is 10.5. The van der Waals surface area contributed by atoms with Gasteiger partial charge in [-0.05, 0) is 0 Å². The van der Waals surface area contributed by atoms with Gasteiger partial charge in [0.2, 0.25) is 0 Å². The highest BCUT2D eigenvalue weighted by molar-refractivity contribution is 5.65. The van der Waals surface area contributed by atoms with Crippen LogP contribution in [0.2, 0.25) is 0 Å². The third-order valence-electron chi connectivity index (χ3n) is 3.58. The van der Waals surface area contributed by atoms with Gasteiger partial charge < -0.3 is 74.6 Å². The number of hydrogen-bond donors (Lipinski definition) is 0. The number of hydrogen-bond acceptors (Lipinski definition) is 10. The fraction of sp³-hybridized carbons (Fsp3) is 0.429. The molecule has 0 aliphatic carbocycles. The molecule has 148 valence electrons. The van der Waals surface area contributed by atoms with Crippen LogP contribution in [0.1, 0.15) is 0 Å². The lowest BCUT2D eigenvalue weighted by Gasteiger charge is -2.27. The molecule has 0 amide bonds. The second-order valence-electron chi connectivity index (χ2n) is 5.16. The summed E-state index contributed by atoms with van der Waals surface area (Å²) in [5.41, 5.74) is 0. The van der Waals surface area contributed by atoms with Crippen LogP contribution < -0.4 is 24.8 Å². The van der Waals surface area contributed by atoms with E-state index < -0.39 is 0 Å². The van der Waals surface area contributed by atoms with Crippen molar-refractivity contribution in [2.24, 2.45) is 10.3 Å². The summed E-state index contributed by atoms with van der Waals surface area (Å²) >= 11 is 0. The van der Waals surface area contributed by atoms with E-state index in [1.54, 1.807) is 22.2 Å². The first-order valence-corrected chi connectivity index (χ1v) is 7.19. The fourth-order valence-corrected chi connectivity index (χ4v) is 2.27. The highest BCUT2D eigenvalue weighted by Gasteiger charge is 2.22. The van der Waals surface area contributed by atoms with E-state index >= 15 is 0 Å². The molecule has 10 nitrogen and oxygen atoms in total. The molecular weight excluding hydrogens is 387 g/mol. The molecule has 0 saturated heterocycles. The molecule has 2 unspecified atom stereocenters. The molecular formula is C14H20Cl2N6O4-4. The largest absolute Gasteiger partial charge is 1.00 e. The van der Waals surface area contributed by atoms with Gasteiger partial charge in [-0.2, -0.15) is 0 Å². The van der Waals surface area contributed by atoms with Crippen LogP contribution >= 0.6 is 0 Å². The predicted octanol–water partition coefficient (Wildman–Crippen LogP) is -5.36. The Bertz CT molecular complexity index is 500. The summed E-state index contributed by atoms with van der Waals surface area (Å²) in [6.07, 6.45) is 12.2. The van der Waals surface area contributed by atoms with Gasteiger partial charge in [0.1, 0.15) is 24.9 Å². The molecule has 12 heteroatoms. The van der Waals surface area contributed by atoms with Crippen molar-refractivity contribution in [3.8, 4) is 0 Å². The number of nitrogens with zero attached hydrogens (tertiary/aromatic N) is 6. The zero-order chi connectivity index (χ0) is 17.4. The molecule has 2 rings (SSSR count). The first kappa shape index (κ1) is 23.5. The van der Waals surface area contributed by atoms with Gasteiger partial charge in [0.15, 0.2) is 13.5 Å². The minimum Gasteiger partial charge on any atom is -1.00 e. The van der Waals surface area contributed by atoms with E-state index in [1.165, 1.54) is 25.0 Å². The molecule has 2 aliphatic heterocycles. The second kappa shape index (κ2) is 12.0. The van der Waals surface area contributed by atoms with Gasteiger partial charge in [0, 0.05) is 51.3 Å². The summed E-state index contributed by atoms with van der Waals surface area (Å²) in [6, 6.07) is 0. The van der Waals surface area contributed by atoms with Crippen molar-refractivity contribution in [1.29, 1.82) is 0 Å². The van der Waals surface area contributed by atoms with Crippen LogP contribution in [0.3, 0.4) is 0 Å². The molecule has 0 bridgehead atoms. The Morgan fingerprint density at radius 1 is 0.808 bits per heavy atom. The van der Waals surface area contributed by atoms with Gasteiger partial charge >= 0.3 is 0 Å². The summed E-state index contributed by atoms with van der Waals surface area (Å²) < 4.78 is 10.7. The summed E-state index contributed by atoms with van der Waals surface area (Å²) in [7, 11) is 3.67. The quantitative estimate of drug-likeness (QED) is 0.223. The standard InChI is InChI=1S/C14H22N6O4.2ClH/c1-17-3-5-19(13(17)9-15-21)11-23-7-8-24-12-20-6-4-18(2)14(20)10-16-22;;/h3-10,13-14,21-22H,11-12H2,1-2H3;2*1H/p-4/b8-7+,15-9+,16-10+;;. The van der Waals surface area contributed by atoms with Crippen LogP contribution in [0, 0.1) is 10.4 Å². The topological polar surface area (TPSA) is 102 Å². The van der Waals surface area contributed by atoms with Crippen molar-refractivity contribution in [2.45, 2.75) is 12.3 Å². The van der Waals surface area contributed by atoms with Gasteiger partial charge in [-0.15, -0.1) is 0 Å². The lowest BCUT2D eigenvalue weighted by molar-refractivity contribution is -0.00100. The van der Waals surface area contributed by atoms with Gasteiger partial charge in [0.05, 0.1) is 0 Å². The number of halogens is 2. The van der Waals surface area contributed by atoms with Gasteiger partial charge in [-0.25, -0.2) is 0 Å². The van der Waals surface area contributed by atoms with Gasteiger partial charge in [0.25, 0.3) is 0 Å². The van der Waals surface area contributed by atoms with Crippen molar-refractivity contribution in [3.05, 3.63) is 47.7 Å². The molecule has 26 heavy (non-hydrogen) atoms. The Labute approximate surface area is 164 Å². The Kier molecular flexibility index (Phi) is 10.9. The summed E-state index contributed by atoms with van der Waals surface area (Å²) in [5, 5.41) is 26.4. The van der Waals surface area contributed by atoms with Crippen LogP contribution in [-0.4, -0.2) is 71.9 Å². The minimum atomic E-state index is -0.255. The number of ether oxygens (including phenoxy) is 2. The Morgan fingerprint density at radius 3 is 1.54 bits per heavy atom. The van der Waals surface area contributed by atoms with Crippen molar-refractivity contribution < 1.29 is 34.3 Å². The van der Waals surface area contributed by atoms with Crippen molar-refractivity contribution >= 4 is 12.4 Å². The maximum absolute atomic E-state index is 10.4. The van der Waals surface area contributed by atoms with Gasteiger partial charge in [-0.3, -0.25) is 0 Å². The third-order valence-corrected chi connectivity index (χ3v) is 3.58. The van der Waals surface area contributed by atoms with Crippen molar-refractivity contribution in [1.82, 2.24) is 19.6 Å².